The highest BCUT2D eigenvalue weighted by Crippen LogP contribution is 2.38. The molecule has 6 heteroatoms. The fraction of sp³-hybridized carbons (Fsp3) is 0.600. The molecule has 1 aliphatic carbocycles. The molecule has 4 nitrogen and oxygen atoms in total. The molecule has 0 bridgehead atoms. The second kappa shape index (κ2) is 6.02. The van der Waals surface area contributed by atoms with Crippen molar-refractivity contribution in [1.29, 1.82) is 0 Å². The number of nitrogens with two attached hydrogens (primary N) is 1. The highest BCUT2D eigenvalue weighted by atomic mass is 32.2. The molecule has 118 valence electrons. The zero-order valence-electron chi connectivity index (χ0n) is 12.5. The first-order valence-corrected chi connectivity index (χ1v) is 9.10. The van der Waals surface area contributed by atoms with E-state index < -0.39 is 20.6 Å². The lowest BCUT2D eigenvalue weighted by molar-refractivity contribution is 0.126. The van der Waals surface area contributed by atoms with Crippen molar-refractivity contribution in [3.63, 3.8) is 0 Å². The minimum Gasteiger partial charge on any atom is -0.329 e. The summed E-state index contributed by atoms with van der Waals surface area (Å²) < 4.78 is 37.1. The predicted octanol–water partition coefficient (Wildman–Crippen LogP) is 1.55. The Hall–Kier alpha value is -0.980. The number of halogens is 1. The van der Waals surface area contributed by atoms with Crippen LogP contribution in [-0.2, 0) is 16.4 Å². The molecule has 1 aliphatic rings. The van der Waals surface area contributed by atoms with E-state index in [0.29, 0.717) is 19.5 Å². The van der Waals surface area contributed by atoms with E-state index >= 15 is 0 Å². The minimum atomic E-state index is -3.15. The minimum absolute atomic E-state index is 0.273. The van der Waals surface area contributed by atoms with Gasteiger partial charge in [-0.2, -0.15) is 0 Å². The van der Waals surface area contributed by atoms with Crippen molar-refractivity contribution in [3.8, 4) is 0 Å². The van der Waals surface area contributed by atoms with E-state index in [1.165, 1.54) is 18.4 Å². The predicted molar refractivity (Wildman–Crippen MR) is 82.1 cm³/mol. The maximum atomic E-state index is 13.0. The van der Waals surface area contributed by atoms with E-state index in [-0.39, 0.29) is 5.82 Å². The summed E-state index contributed by atoms with van der Waals surface area (Å²) in [5, 5.41) is -0.430. The molecule has 1 aromatic rings. The molecule has 0 radical (unpaired) electrons. The van der Waals surface area contributed by atoms with Gasteiger partial charge in [0, 0.05) is 24.9 Å². The van der Waals surface area contributed by atoms with Gasteiger partial charge in [-0.05, 0) is 37.6 Å². The van der Waals surface area contributed by atoms with Crippen LogP contribution in [0, 0.1) is 5.82 Å². The van der Waals surface area contributed by atoms with Gasteiger partial charge in [0.25, 0.3) is 0 Å². The molecule has 0 heterocycles. The summed E-state index contributed by atoms with van der Waals surface area (Å²) in [6, 6.07) is 6.28. The first-order valence-electron chi connectivity index (χ1n) is 7.14. The van der Waals surface area contributed by atoms with Gasteiger partial charge in [-0.1, -0.05) is 18.6 Å². The Balaban J connectivity index is 2.25. The lowest BCUT2D eigenvalue weighted by Crippen LogP contribution is -2.58. The standard InChI is InChI=1S/C15H23FN2O2S/c1-18(10-12-5-7-13(16)8-6-12)15(11-17)9-3-4-14(15)21(2,19)20/h5-8,14H,3-4,9-11,17H2,1-2H3. The molecular weight excluding hydrogens is 291 g/mol. The Morgan fingerprint density at radius 2 is 2.00 bits per heavy atom. The smallest absolute Gasteiger partial charge is 0.152 e. The fourth-order valence-corrected chi connectivity index (χ4v) is 5.27. The molecule has 1 saturated carbocycles. The van der Waals surface area contributed by atoms with Crippen molar-refractivity contribution in [2.24, 2.45) is 5.73 Å². The number of benzene rings is 1. The molecule has 1 fully saturated rings. The van der Waals surface area contributed by atoms with E-state index in [1.54, 1.807) is 12.1 Å². The van der Waals surface area contributed by atoms with Crippen LogP contribution in [0.3, 0.4) is 0 Å². The quantitative estimate of drug-likeness (QED) is 0.896. The second-order valence-corrected chi connectivity index (χ2v) is 8.23. The summed E-state index contributed by atoms with van der Waals surface area (Å²) >= 11 is 0. The number of sulfone groups is 1. The van der Waals surface area contributed by atoms with Crippen LogP contribution in [-0.4, -0.2) is 44.0 Å². The van der Waals surface area contributed by atoms with Crippen LogP contribution in [0.5, 0.6) is 0 Å². The average Bonchev–Trinajstić information content (AvgIpc) is 2.86. The van der Waals surface area contributed by atoms with Crippen molar-refractivity contribution >= 4 is 9.84 Å². The van der Waals surface area contributed by atoms with Crippen LogP contribution in [0.2, 0.25) is 0 Å². The average molecular weight is 314 g/mol. The maximum absolute atomic E-state index is 13.0. The fourth-order valence-electron chi connectivity index (χ4n) is 3.48. The number of hydrogen-bond acceptors (Lipinski definition) is 4. The Morgan fingerprint density at radius 3 is 2.52 bits per heavy atom. The van der Waals surface area contributed by atoms with Crippen molar-refractivity contribution in [2.45, 2.75) is 36.6 Å². The lowest BCUT2D eigenvalue weighted by Gasteiger charge is -2.42. The van der Waals surface area contributed by atoms with E-state index in [0.717, 1.165) is 18.4 Å². The van der Waals surface area contributed by atoms with Gasteiger partial charge in [0.1, 0.15) is 5.82 Å². The molecule has 2 atom stereocenters. The Bertz CT molecular complexity index is 588. The van der Waals surface area contributed by atoms with Crippen LogP contribution >= 0.6 is 0 Å². The van der Waals surface area contributed by atoms with E-state index in [9.17, 15) is 12.8 Å². The third kappa shape index (κ3) is 3.27. The van der Waals surface area contributed by atoms with Gasteiger partial charge in [0.2, 0.25) is 0 Å². The molecule has 2 rings (SSSR count). The monoisotopic (exact) mass is 314 g/mol. The zero-order chi connectivity index (χ0) is 15.7. The Kier molecular flexibility index (Phi) is 4.70. The Labute approximate surface area is 126 Å². The SMILES string of the molecule is CN(Cc1ccc(F)cc1)C1(CN)CCCC1S(C)(=O)=O. The molecule has 0 spiro atoms. The van der Waals surface area contributed by atoms with Crippen LogP contribution < -0.4 is 5.73 Å². The normalized spacial score (nSPS) is 26.4. The third-order valence-corrected chi connectivity index (χ3v) is 6.35. The molecule has 1 aromatic carbocycles. The van der Waals surface area contributed by atoms with Crippen LogP contribution in [0.4, 0.5) is 4.39 Å². The summed E-state index contributed by atoms with van der Waals surface area (Å²) in [6.45, 7) is 0.867. The van der Waals surface area contributed by atoms with Crippen molar-refractivity contribution < 1.29 is 12.8 Å². The molecule has 0 aliphatic heterocycles. The molecule has 21 heavy (non-hydrogen) atoms. The summed E-state index contributed by atoms with van der Waals surface area (Å²) in [6.07, 6.45) is 3.59. The first-order chi connectivity index (χ1) is 9.79. The number of hydrogen-bond donors (Lipinski definition) is 1. The highest BCUT2D eigenvalue weighted by Gasteiger charge is 2.49. The molecule has 0 aromatic heterocycles. The van der Waals surface area contributed by atoms with E-state index in [2.05, 4.69) is 0 Å². The summed E-state index contributed by atoms with van der Waals surface area (Å²) in [7, 11) is -1.25. The van der Waals surface area contributed by atoms with Gasteiger partial charge in [-0.3, -0.25) is 4.90 Å². The maximum Gasteiger partial charge on any atom is 0.152 e. The Morgan fingerprint density at radius 1 is 1.38 bits per heavy atom. The van der Waals surface area contributed by atoms with Crippen molar-refractivity contribution in [1.82, 2.24) is 4.90 Å². The van der Waals surface area contributed by atoms with Crippen molar-refractivity contribution in [3.05, 3.63) is 35.6 Å². The second-order valence-electron chi connectivity index (χ2n) is 6.00. The van der Waals surface area contributed by atoms with Crippen molar-refractivity contribution in [2.75, 3.05) is 19.8 Å². The zero-order valence-corrected chi connectivity index (χ0v) is 13.4. The topological polar surface area (TPSA) is 63.4 Å². The number of rotatable bonds is 5. The largest absolute Gasteiger partial charge is 0.329 e. The molecule has 0 saturated heterocycles. The summed E-state index contributed by atoms with van der Waals surface area (Å²) in [5.41, 5.74) is 6.39. The molecule has 2 unspecified atom stereocenters. The summed E-state index contributed by atoms with van der Waals surface area (Å²) in [4.78, 5) is 2.03. The molecular formula is C15H23FN2O2S. The van der Waals surface area contributed by atoms with Gasteiger partial charge in [0.05, 0.1) is 5.25 Å². The summed E-state index contributed by atoms with van der Waals surface area (Å²) in [5.74, 6) is -0.273. The number of likely N-dealkylation sites (N-methyl/N-ethyl adjacent to an activating group) is 1. The molecule has 0 amide bonds. The van der Waals surface area contributed by atoms with Gasteiger partial charge in [-0.25, -0.2) is 12.8 Å². The highest BCUT2D eigenvalue weighted by molar-refractivity contribution is 7.91. The van der Waals surface area contributed by atoms with Gasteiger partial charge >= 0.3 is 0 Å². The van der Waals surface area contributed by atoms with E-state index in [1.807, 2.05) is 11.9 Å². The molecule has 2 N–H and O–H groups in total. The third-order valence-electron chi connectivity index (χ3n) is 4.64. The van der Waals surface area contributed by atoms with Crippen LogP contribution in [0.25, 0.3) is 0 Å². The number of nitrogens with zero attached hydrogens (tertiary/aromatic N) is 1. The van der Waals surface area contributed by atoms with Crippen LogP contribution in [0.15, 0.2) is 24.3 Å². The van der Waals surface area contributed by atoms with Gasteiger partial charge in [0.15, 0.2) is 9.84 Å². The van der Waals surface area contributed by atoms with Gasteiger partial charge < -0.3 is 5.73 Å². The van der Waals surface area contributed by atoms with Gasteiger partial charge in [-0.15, -0.1) is 0 Å². The van der Waals surface area contributed by atoms with E-state index in [4.69, 9.17) is 5.73 Å². The first kappa shape index (κ1) is 16.4. The van der Waals surface area contributed by atoms with Crippen LogP contribution in [0.1, 0.15) is 24.8 Å². The lowest BCUT2D eigenvalue weighted by atomic mass is 9.94.